The van der Waals surface area contributed by atoms with E-state index in [0.29, 0.717) is 12.1 Å². The molecule has 2 N–H and O–H groups in total. The van der Waals surface area contributed by atoms with Crippen molar-refractivity contribution in [3.63, 3.8) is 0 Å². The first-order valence-electron chi connectivity index (χ1n) is 3.59. The quantitative estimate of drug-likeness (QED) is 0.594. The Kier molecular flexibility index (Phi) is 4.18. The lowest BCUT2D eigenvalue weighted by Crippen LogP contribution is -2.20. The second-order valence-corrected chi connectivity index (χ2v) is 2.41. The number of amides is 1. The summed E-state index contributed by atoms with van der Waals surface area (Å²) in [6.07, 6.45) is 2.09. The fourth-order valence-electron chi connectivity index (χ4n) is 0.669. The minimum absolute atomic E-state index is 0.0139. The summed E-state index contributed by atoms with van der Waals surface area (Å²) in [5.41, 5.74) is 1.17. The molecule has 0 rings (SSSR count). The maximum Gasteiger partial charge on any atom is 0.223 e. The molecule has 0 fully saturated rings. The molecule has 0 bridgehead atoms. The van der Waals surface area contributed by atoms with Gasteiger partial charge in [-0.1, -0.05) is 6.92 Å². The van der Waals surface area contributed by atoms with E-state index in [4.69, 9.17) is 5.41 Å². The van der Waals surface area contributed by atoms with Gasteiger partial charge in [0.1, 0.15) is 0 Å². The Labute approximate surface area is 67.0 Å². The van der Waals surface area contributed by atoms with Crippen LogP contribution in [0.2, 0.25) is 0 Å². The SMILES string of the molecule is CCC(=O)N/C(C)=C\C(C)=N. The molecular weight excluding hydrogens is 140 g/mol. The van der Waals surface area contributed by atoms with Crippen LogP contribution in [0.15, 0.2) is 11.8 Å². The fourth-order valence-corrected chi connectivity index (χ4v) is 0.669. The predicted molar refractivity (Wildman–Crippen MR) is 45.6 cm³/mol. The van der Waals surface area contributed by atoms with E-state index in [-0.39, 0.29) is 5.91 Å². The molecule has 0 aromatic heterocycles. The number of rotatable bonds is 3. The Morgan fingerprint density at radius 3 is 2.45 bits per heavy atom. The molecule has 3 nitrogen and oxygen atoms in total. The van der Waals surface area contributed by atoms with Gasteiger partial charge in [0.05, 0.1) is 0 Å². The first-order chi connectivity index (χ1) is 5.06. The maximum absolute atomic E-state index is 10.8. The van der Waals surface area contributed by atoms with Crippen LogP contribution in [0.1, 0.15) is 27.2 Å². The molecule has 0 saturated heterocycles. The van der Waals surface area contributed by atoms with Crippen LogP contribution in [0.5, 0.6) is 0 Å². The summed E-state index contributed by atoms with van der Waals surface area (Å²) in [5, 5.41) is 9.74. The standard InChI is InChI=1S/C8H14N2O/c1-4-8(11)10-7(3)5-6(2)9/h5,9H,4H2,1-3H3,(H,10,11)/b7-5-,9-6?. The van der Waals surface area contributed by atoms with Gasteiger partial charge in [-0.15, -0.1) is 0 Å². The highest BCUT2D eigenvalue weighted by Gasteiger charge is 1.95. The molecule has 0 aromatic carbocycles. The third-order valence-corrected chi connectivity index (χ3v) is 1.09. The van der Waals surface area contributed by atoms with Crippen molar-refractivity contribution in [2.75, 3.05) is 0 Å². The molecule has 1 amide bonds. The summed E-state index contributed by atoms with van der Waals surface area (Å²) in [6, 6.07) is 0. The van der Waals surface area contributed by atoms with Crippen molar-refractivity contribution >= 4 is 11.6 Å². The average molecular weight is 154 g/mol. The van der Waals surface area contributed by atoms with Gasteiger partial charge in [-0.3, -0.25) is 4.79 Å². The van der Waals surface area contributed by atoms with Gasteiger partial charge < -0.3 is 10.7 Å². The third-order valence-electron chi connectivity index (χ3n) is 1.09. The summed E-state index contributed by atoms with van der Waals surface area (Å²) in [5.74, 6) is -0.0139. The molecule has 0 aromatic rings. The molecule has 0 spiro atoms. The normalized spacial score (nSPS) is 11.0. The highest BCUT2D eigenvalue weighted by Crippen LogP contribution is 1.88. The second-order valence-electron chi connectivity index (χ2n) is 2.41. The lowest BCUT2D eigenvalue weighted by Gasteiger charge is -2.01. The van der Waals surface area contributed by atoms with Crippen LogP contribution < -0.4 is 5.32 Å². The summed E-state index contributed by atoms with van der Waals surface area (Å²) in [4.78, 5) is 10.8. The Bertz CT molecular complexity index is 194. The molecule has 11 heavy (non-hydrogen) atoms. The number of nitrogens with one attached hydrogen (secondary N) is 2. The van der Waals surface area contributed by atoms with Gasteiger partial charge in [0.2, 0.25) is 5.91 Å². The van der Waals surface area contributed by atoms with Crippen LogP contribution in [0.3, 0.4) is 0 Å². The van der Waals surface area contributed by atoms with Crippen molar-refractivity contribution in [2.24, 2.45) is 0 Å². The summed E-state index contributed by atoms with van der Waals surface area (Å²) in [7, 11) is 0. The van der Waals surface area contributed by atoms with E-state index in [0.717, 1.165) is 5.70 Å². The number of allylic oxidation sites excluding steroid dienone is 2. The molecule has 0 unspecified atom stereocenters. The fraction of sp³-hybridized carbons (Fsp3) is 0.500. The monoisotopic (exact) mass is 154 g/mol. The van der Waals surface area contributed by atoms with E-state index >= 15 is 0 Å². The van der Waals surface area contributed by atoms with Crippen LogP contribution in [-0.2, 0) is 4.79 Å². The molecule has 62 valence electrons. The molecule has 0 aliphatic rings. The van der Waals surface area contributed by atoms with Gasteiger partial charge in [0.25, 0.3) is 0 Å². The lowest BCUT2D eigenvalue weighted by molar-refractivity contribution is -0.120. The predicted octanol–water partition coefficient (Wildman–Crippen LogP) is 1.46. The second kappa shape index (κ2) is 4.66. The third kappa shape index (κ3) is 5.33. The van der Waals surface area contributed by atoms with E-state index in [1.807, 2.05) is 0 Å². The maximum atomic E-state index is 10.8. The number of hydrogen-bond donors (Lipinski definition) is 2. The Morgan fingerprint density at radius 2 is 2.09 bits per heavy atom. The molecule has 0 saturated carbocycles. The van der Waals surface area contributed by atoms with Crippen LogP contribution in [0.4, 0.5) is 0 Å². The lowest BCUT2D eigenvalue weighted by atomic mass is 10.3. The molecular formula is C8H14N2O. The highest BCUT2D eigenvalue weighted by atomic mass is 16.1. The van der Waals surface area contributed by atoms with E-state index in [1.165, 1.54) is 0 Å². The Hall–Kier alpha value is -1.12. The van der Waals surface area contributed by atoms with E-state index < -0.39 is 0 Å². The van der Waals surface area contributed by atoms with Gasteiger partial charge in [-0.05, 0) is 19.9 Å². The number of carbonyl (C=O) groups is 1. The van der Waals surface area contributed by atoms with Gasteiger partial charge in [0, 0.05) is 17.8 Å². The molecule has 0 aliphatic carbocycles. The summed E-state index contributed by atoms with van der Waals surface area (Å²) < 4.78 is 0. The minimum Gasteiger partial charge on any atom is -0.330 e. The van der Waals surface area contributed by atoms with Crippen LogP contribution in [0.25, 0.3) is 0 Å². The summed E-state index contributed by atoms with van der Waals surface area (Å²) in [6.45, 7) is 5.23. The zero-order valence-corrected chi connectivity index (χ0v) is 7.19. The zero-order valence-electron chi connectivity index (χ0n) is 7.19. The zero-order chi connectivity index (χ0) is 8.85. The van der Waals surface area contributed by atoms with E-state index in [9.17, 15) is 4.79 Å². The largest absolute Gasteiger partial charge is 0.330 e. The molecule has 0 atom stereocenters. The van der Waals surface area contributed by atoms with Crippen molar-refractivity contribution in [1.82, 2.24) is 5.32 Å². The minimum atomic E-state index is -0.0139. The van der Waals surface area contributed by atoms with Crippen molar-refractivity contribution < 1.29 is 4.79 Å². The van der Waals surface area contributed by atoms with E-state index in [1.54, 1.807) is 26.8 Å². The number of carbonyl (C=O) groups excluding carboxylic acids is 1. The molecule has 0 radical (unpaired) electrons. The van der Waals surface area contributed by atoms with Crippen LogP contribution in [-0.4, -0.2) is 11.6 Å². The Morgan fingerprint density at radius 1 is 1.55 bits per heavy atom. The molecule has 0 aliphatic heterocycles. The van der Waals surface area contributed by atoms with Crippen molar-refractivity contribution in [1.29, 1.82) is 5.41 Å². The first-order valence-corrected chi connectivity index (χ1v) is 3.59. The highest BCUT2D eigenvalue weighted by molar-refractivity contribution is 5.91. The van der Waals surface area contributed by atoms with E-state index in [2.05, 4.69) is 5.32 Å². The number of hydrogen-bond acceptors (Lipinski definition) is 2. The van der Waals surface area contributed by atoms with Gasteiger partial charge >= 0.3 is 0 Å². The van der Waals surface area contributed by atoms with Gasteiger partial charge in [-0.25, -0.2) is 0 Å². The van der Waals surface area contributed by atoms with Crippen LogP contribution in [0, 0.1) is 5.41 Å². The molecule has 0 heterocycles. The first kappa shape index (κ1) is 9.88. The smallest absolute Gasteiger partial charge is 0.223 e. The van der Waals surface area contributed by atoms with Crippen molar-refractivity contribution in [3.05, 3.63) is 11.8 Å². The van der Waals surface area contributed by atoms with Gasteiger partial charge in [-0.2, -0.15) is 0 Å². The Balaban J connectivity index is 3.96. The molecule has 3 heteroatoms. The van der Waals surface area contributed by atoms with Crippen molar-refractivity contribution in [2.45, 2.75) is 27.2 Å². The van der Waals surface area contributed by atoms with Gasteiger partial charge in [0.15, 0.2) is 0 Å². The van der Waals surface area contributed by atoms with Crippen molar-refractivity contribution in [3.8, 4) is 0 Å². The van der Waals surface area contributed by atoms with Crippen LogP contribution >= 0.6 is 0 Å². The topological polar surface area (TPSA) is 53.0 Å². The summed E-state index contributed by atoms with van der Waals surface area (Å²) >= 11 is 0. The average Bonchev–Trinajstić information content (AvgIpc) is 1.85.